The Labute approximate surface area is 147 Å². The third-order valence-corrected chi connectivity index (χ3v) is 3.71. The highest BCUT2D eigenvalue weighted by Gasteiger charge is 2.12. The van der Waals surface area contributed by atoms with Gasteiger partial charge in [-0.3, -0.25) is 9.69 Å². The van der Waals surface area contributed by atoms with Crippen LogP contribution >= 0.6 is 11.6 Å². The molecule has 2 aromatic rings. The Kier molecular flexibility index (Phi) is 6.46. The van der Waals surface area contributed by atoms with Crippen molar-refractivity contribution in [2.24, 2.45) is 0 Å². The first-order chi connectivity index (χ1) is 11.5. The number of hydrogen-bond acceptors (Lipinski definition) is 4. The maximum Gasteiger partial charge on any atom is 0.238 e. The number of anilines is 1. The number of nitrogens with zero attached hydrogens (tertiary/aromatic N) is 1. The van der Waals surface area contributed by atoms with Gasteiger partial charge in [0.25, 0.3) is 0 Å². The summed E-state index contributed by atoms with van der Waals surface area (Å²) < 4.78 is 10.6. The van der Waals surface area contributed by atoms with Crippen molar-refractivity contribution in [3.63, 3.8) is 0 Å². The van der Waals surface area contributed by atoms with E-state index in [-0.39, 0.29) is 12.5 Å². The molecule has 0 aliphatic rings. The normalized spacial score (nSPS) is 10.5. The number of amides is 1. The smallest absolute Gasteiger partial charge is 0.238 e. The van der Waals surface area contributed by atoms with E-state index in [0.29, 0.717) is 23.0 Å². The molecule has 0 aliphatic carbocycles. The van der Waals surface area contributed by atoms with E-state index in [1.165, 1.54) is 0 Å². The summed E-state index contributed by atoms with van der Waals surface area (Å²) in [6.07, 6.45) is 0. The van der Waals surface area contributed by atoms with Gasteiger partial charge in [0.15, 0.2) is 0 Å². The minimum absolute atomic E-state index is 0.122. The van der Waals surface area contributed by atoms with Crippen LogP contribution in [0.25, 0.3) is 0 Å². The molecule has 2 rings (SSSR count). The van der Waals surface area contributed by atoms with Crippen LogP contribution < -0.4 is 14.8 Å². The number of para-hydroxylation sites is 2. The van der Waals surface area contributed by atoms with Crippen molar-refractivity contribution in [1.29, 1.82) is 0 Å². The molecule has 0 aromatic heterocycles. The van der Waals surface area contributed by atoms with E-state index < -0.39 is 0 Å². The highest BCUT2D eigenvalue weighted by molar-refractivity contribution is 6.30. The highest BCUT2D eigenvalue weighted by Crippen LogP contribution is 2.24. The van der Waals surface area contributed by atoms with Gasteiger partial charge >= 0.3 is 0 Å². The van der Waals surface area contributed by atoms with Gasteiger partial charge < -0.3 is 14.8 Å². The van der Waals surface area contributed by atoms with Crippen molar-refractivity contribution >= 4 is 23.2 Å². The lowest BCUT2D eigenvalue weighted by Crippen LogP contribution is -2.30. The number of carbonyl (C=O) groups is 1. The van der Waals surface area contributed by atoms with Crippen molar-refractivity contribution in [3.05, 3.63) is 53.1 Å². The molecule has 5 nitrogen and oxygen atoms in total. The van der Waals surface area contributed by atoms with E-state index in [4.69, 9.17) is 21.1 Å². The first kappa shape index (κ1) is 18.1. The van der Waals surface area contributed by atoms with E-state index in [0.717, 1.165) is 11.3 Å². The van der Waals surface area contributed by atoms with E-state index in [1.807, 2.05) is 36.2 Å². The third-order valence-electron chi connectivity index (χ3n) is 3.48. The number of ether oxygens (including phenoxy) is 2. The number of carbonyl (C=O) groups excluding carboxylic acids is 1. The van der Waals surface area contributed by atoms with E-state index in [1.54, 1.807) is 32.4 Å². The maximum absolute atomic E-state index is 12.2. The second kappa shape index (κ2) is 8.57. The van der Waals surface area contributed by atoms with E-state index in [9.17, 15) is 4.79 Å². The zero-order chi connectivity index (χ0) is 17.5. The van der Waals surface area contributed by atoms with Gasteiger partial charge in [-0.05, 0) is 37.4 Å². The van der Waals surface area contributed by atoms with Crippen LogP contribution in [0.3, 0.4) is 0 Å². The first-order valence-electron chi connectivity index (χ1n) is 7.47. The van der Waals surface area contributed by atoms with Crippen molar-refractivity contribution in [1.82, 2.24) is 4.90 Å². The Morgan fingerprint density at radius 2 is 1.83 bits per heavy atom. The molecular weight excluding hydrogens is 328 g/mol. The summed E-state index contributed by atoms with van der Waals surface area (Å²) in [7, 11) is 5.05. The van der Waals surface area contributed by atoms with Gasteiger partial charge in [-0.25, -0.2) is 0 Å². The molecule has 0 atom stereocenters. The van der Waals surface area contributed by atoms with Gasteiger partial charge in [0.2, 0.25) is 5.91 Å². The lowest BCUT2D eigenvalue weighted by atomic mass is 10.2. The fourth-order valence-electron chi connectivity index (χ4n) is 2.40. The molecule has 0 saturated carbocycles. The lowest BCUT2D eigenvalue weighted by molar-refractivity contribution is -0.117. The van der Waals surface area contributed by atoms with Gasteiger partial charge in [-0.15, -0.1) is 0 Å². The number of nitrogens with one attached hydrogen (secondary N) is 1. The summed E-state index contributed by atoms with van der Waals surface area (Å²) in [4.78, 5) is 14.1. The van der Waals surface area contributed by atoms with Crippen molar-refractivity contribution in [2.75, 3.05) is 33.1 Å². The molecule has 0 fully saturated rings. The molecule has 0 bridgehead atoms. The largest absolute Gasteiger partial charge is 0.496 e. The van der Waals surface area contributed by atoms with Crippen molar-refractivity contribution in [2.45, 2.75) is 6.54 Å². The Morgan fingerprint density at radius 1 is 1.12 bits per heavy atom. The number of likely N-dealkylation sites (N-methyl/N-ethyl adjacent to an activating group) is 1. The van der Waals surface area contributed by atoms with Crippen LogP contribution in [0.4, 0.5) is 5.69 Å². The minimum Gasteiger partial charge on any atom is -0.496 e. The molecule has 2 aromatic carbocycles. The summed E-state index contributed by atoms with van der Waals surface area (Å²) in [5, 5.41) is 3.49. The average molecular weight is 349 g/mol. The van der Waals surface area contributed by atoms with Gasteiger partial charge in [-0.1, -0.05) is 23.7 Å². The number of halogens is 1. The van der Waals surface area contributed by atoms with Gasteiger partial charge in [0, 0.05) is 17.1 Å². The van der Waals surface area contributed by atoms with Crippen molar-refractivity contribution in [3.8, 4) is 11.5 Å². The molecule has 6 heteroatoms. The summed E-state index contributed by atoms with van der Waals surface area (Å²) in [6.45, 7) is 0.775. The predicted molar refractivity (Wildman–Crippen MR) is 96.0 cm³/mol. The highest BCUT2D eigenvalue weighted by atomic mass is 35.5. The number of rotatable bonds is 7. The van der Waals surface area contributed by atoms with Gasteiger partial charge in [0.05, 0.1) is 26.5 Å². The molecule has 1 N–H and O–H groups in total. The van der Waals surface area contributed by atoms with E-state index >= 15 is 0 Å². The Balaban J connectivity index is 1.98. The molecule has 128 valence electrons. The molecule has 0 saturated heterocycles. The summed E-state index contributed by atoms with van der Waals surface area (Å²) in [5.74, 6) is 1.25. The average Bonchev–Trinajstić information content (AvgIpc) is 2.55. The van der Waals surface area contributed by atoms with Crippen LogP contribution in [0.15, 0.2) is 42.5 Å². The molecular formula is C18H21ClN2O3. The molecule has 0 aliphatic heterocycles. The quantitative estimate of drug-likeness (QED) is 0.833. The number of methoxy groups -OCH3 is 2. The summed E-state index contributed by atoms with van der Waals surface area (Å²) in [5.41, 5.74) is 1.58. The zero-order valence-electron chi connectivity index (χ0n) is 14.0. The molecule has 0 spiro atoms. The maximum atomic E-state index is 12.2. The van der Waals surface area contributed by atoms with Crippen LogP contribution in [0.2, 0.25) is 5.02 Å². The van der Waals surface area contributed by atoms with Crippen molar-refractivity contribution < 1.29 is 14.3 Å². The topological polar surface area (TPSA) is 50.8 Å². The van der Waals surface area contributed by atoms with Crippen LogP contribution in [0, 0.1) is 0 Å². The number of hydrogen-bond donors (Lipinski definition) is 1. The SMILES string of the molecule is COc1ccc(Cl)cc1CN(C)CC(=O)Nc1ccccc1OC. The van der Waals surface area contributed by atoms with Gasteiger partial charge in [0.1, 0.15) is 11.5 Å². The predicted octanol–water partition coefficient (Wildman–Crippen LogP) is 3.43. The first-order valence-corrected chi connectivity index (χ1v) is 7.85. The Bertz CT molecular complexity index is 706. The van der Waals surface area contributed by atoms with Crippen LogP contribution in [-0.4, -0.2) is 38.6 Å². The monoisotopic (exact) mass is 348 g/mol. The Morgan fingerprint density at radius 3 is 2.54 bits per heavy atom. The molecule has 0 radical (unpaired) electrons. The second-order valence-corrected chi connectivity index (χ2v) is 5.81. The van der Waals surface area contributed by atoms with Gasteiger partial charge in [-0.2, -0.15) is 0 Å². The number of benzene rings is 2. The van der Waals surface area contributed by atoms with Crippen LogP contribution in [-0.2, 0) is 11.3 Å². The summed E-state index contributed by atoms with van der Waals surface area (Å²) >= 11 is 6.04. The third kappa shape index (κ3) is 4.88. The fraction of sp³-hybridized carbons (Fsp3) is 0.278. The van der Waals surface area contributed by atoms with Crippen LogP contribution in [0.1, 0.15) is 5.56 Å². The second-order valence-electron chi connectivity index (χ2n) is 5.38. The summed E-state index contributed by atoms with van der Waals surface area (Å²) in [6, 6.07) is 12.7. The molecule has 1 amide bonds. The van der Waals surface area contributed by atoms with E-state index in [2.05, 4.69) is 5.32 Å². The fourth-order valence-corrected chi connectivity index (χ4v) is 2.59. The molecule has 24 heavy (non-hydrogen) atoms. The lowest BCUT2D eigenvalue weighted by Gasteiger charge is -2.18. The standard InChI is InChI=1S/C18H21ClN2O3/c1-21(11-13-10-14(19)8-9-16(13)23-2)12-18(22)20-15-6-4-5-7-17(15)24-3/h4-10H,11-12H2,1-3H3,(H,20,22). The molecule has 0 heterocycles. The molecule has 0 unspecified atom stereocenters. The minimum atomic E-state index is -0.122. The Hall–Kier alpha value is -2.24. The zero-order valence-corrected chi connectivity index (χ0v) is 14.8. The van der Waals surface area contributed by atoms with Crippen LogP contribution in [0.5, 0.6) is 11.5 Å².